The van der Waals surface area contributed by atoms with E-state index in [4.69, 9.17) is 0 Å². The van der Waals surface area contributed by atoms with Crippen molar-refractivity contribution in [3.8, 4) is 44.8 Å². The van der Waals surface area contributed by atoms with Crippen molar-refractivity contribution in [3.63, 3.8) is 0 Å². The SMILES string of the molecule is Cc1cc(C)c(-c2ccc(-c3c(C)cc(C)c(-c4n(C)c5ccc(-c6ccc7c(c6)[n+](C)c(C)n7C)cc5[n+]4C)c3C)cc2)c(C)c1C. The molecular formula is C44H48N4+2. The Labute approximate surface area is 285 Å². The third-order valence-corrected chi connectivity index (χ3v) is 11.3. The van der Waals surface area contributed by atoms with E-state index in [9.17, 15) is 0 Å². The van der Waals surface area contributed by atoms with Crippen LogP contribution in [0.2, 0.25) is 0 Å². The van der Waals surface area contributed by atoms with Crippen molar-refractivity contribution in [1.82, 2.24) is 9.13 Å². The number of hydrogen-bond donors (Lipinski definition) is 0. The molecule has 0 aliphatic rings. The lowest BCUT2D eigenvalue weighted by molar-refractivity contribution is -0.652. The van der Waals surface area contributed by atoms with E-state index in [1.54, 1.807) is 0 Å². The highest BCUT2D eigenvalue weighted by molar-refractivity contribution is 5.87. The monoisotopic (exact) mass is 632 g/mol. The van der Waals surface area contributed by atoms with Crippen molar-refractivity contribution in [2.45, 2.75) is 55.4 Å². The number of imidazole rings is 2. The predicted molar refractivity (Wildman–Crippen MR) is 201 cm³/mol. The summed E-state index contributed by atoms with van der Waals surface area (Å²) in [6, 6.07) is 27.7. The molecule has 0 radical (unpaired) electrons. The van der Waals surface area contributed by atoms with Crippen molar-refractivity contribution in [2.24, 2.45) is 28.2 Å². The molecule has 0 atom stereocenters. The third-order valence-electron chi connectivity index (χ3n) is 11.3. The minimum Gasteiger partial charge on any atom is -0.230 e. The average molecular weight is 633 g/mol. The third kappa shape index (κ3) is 4.64. The van der Waals surface area contributed by atoms with Gasteiger partial charge in [0, 0.05) is 6.92 Å². The van der Waals surface area contributed by atoms with Crippen LogP contribution in [0.4, 0.5) is 0 Å². The molecule has 0 saturated carbocycles. The molecule has 0 spiro atoms. The second kappa shape index (κ2) is 11.3. The fourth-order valence-corrected chi connectivity index (χ4v) is 8.38. The fraction of sp³-hybridized carbons (Fsp3) is 0.273. The first kappa shape index (κ1) is 31.6. The molecule has 0 aliphatic carbocycles. The first-order valence-electron chi connectivity index (χ1n) is 17.0. The van der Waals surface area contributed by atoms with Crippen LogP contribution in [-0.4, -0.2) is 9.13 Å². The lowest BCUT2D eigenvalue weighted by atomic mass is 9.86. The minimum absolute atomic E-state index is 1.22. The van der Waals surface area contributed by atoms with E-state index in [1.807, 2.05) is 0 Å². The molecule has 0 unspecified atom stereocenters. The van der Waals surface area contributed by atoms with E-state index >= 15 is 0 Å². The largest absolute Gasteiger partial charge is 0.289 e. The highest BCUT2D eigenvalue weighted by Gasteiger charge is 2.27. The van der Waals surface area contributed by atoms with Gasteiger partial charge in [-0.2, -0.15) is 0 Å². The number of aromatic nitrogens is 4. The van der Waals surface area contributed by atoms with Crippen LogP contribution in [0.15, 0.2) is 72.8 Å². The first-order chi connectivity index (χ1) is 22.8. The zero-order chi connectivity index (χ0) is 34.3. The Morgan fingerprint density at radius 1 is 0.417 bits per heavy atom. The molecule has 242 valence electrons. The summed E-state index contributed by atoms with van der Waals surface area (Å²) in [5.41, 5.74) is 23.3. The fourth-order valence-electron chi connectivity index (χ4n) is 8.38. The number of aryl methyl sites for hydroxylation is 8. The van der Waals surface area contributed by atoms with Gasteiger partial charge in [0.2, 0.25) is 0 Å². The number of hydrogen-bond acceptors (Lipinski definition) is 0. The summed E-state index contributed by atoms with van der Waals surface area (Å²) in [6.45, 7) is 17.9. The van der Waals surface area contributed by atoms with Gasteiger partial charge in [-0.3, -0.25) is 0 Å². The molecule has 0 saturated heterocycles. The number of nitrogens with zero attached hydrogens (tertiary/aromatic N) is 4. The minimum atomic E-state index is 1.22. The summed E-state index contributed by atoms with van der Waals surface area (Å²) >= 11 is 0. The normalized spacial score (nSPS) is 11.8. The summed E-state index contributed by atoms with van der Waals surface area (Å²) in [7, 11) is 8.71. The lowest BCUT2D eigenvalue weighted by Crippen LogP contribution is -2.30. The van der Waals surface area contributed by atoms with E-state index in [2.05, 4.69) is 175 Å². The maximum Gasteiger partial charge on any atom is 0.289 e. The predicted octanol–water partition coefficient (Wildman–Crippen LogP) is 9.45. The first-order valence-corrected chi connectivity index (χ1v) is 17.0. The molecule has 7 aromatic rings. The molecule has 7 rings (SSSR count). The zero-order valence-electron chi connectivity index (χ0n) is 30.7. The molecule has 0 aliphatic heterocycles. The molecule has 0 fully saturated rings. The number of benzene rings is 5. The second-order valence-electron chi connectivity index (χ2n) is 14.1. The highest BCUT2D eigenvalue weighted by Crippen LogP contribution is 2.39. The second-order valence-corrected chi connectivity index (χ2v) is 14.1. The summed E-state index contributed by atoms with van der Waals surface area (Å²) in [6.07, 6.45) is 0. The van der Waals surface area contributed by atoms with Gasteiger partial charge in [-0.1, -0.05) is 36.4 Å². The van der Waals surface area contributed by atoms with Crippen LogP contribution in [0.3, 0.4) is 0 Å². The summed E-state index contributed by atoms with van der Waals surface area (Å²) < 4.78 is 9.28. The Morgan fingerprint density at radius 2 is 0.854 bits per heavy atom. The summed E-state index contributed by atoms with van der Waals surface area (Å²) in [5.74, 6) is 2.46. The molecule has 5 aromatic carbocycles. The molecule has 4 nitrogen and oxygen atoms in total. The Morgan fingerprint density at radius 3 is 1.42 bits per heavy atom. The van der Waals surface area contributed by atoms with Gasteiger partial charge in [-0.05, 0) is 157 Å². The van der Waals surface area contributed by atoms with Gasteiger partial charge in [0.1, 0.15) is 0 Å². The topological polar surface area (TPSA) is 17.6 Å². The number of rotatable bonds is 4. The Balaban J connectivity index is 1.34. The summed E-state index contributed by atoms with van der Waals surface area (Å²) in [4.78, 5) is 0. The van der Waals surface area contributed by atoms with Crippen molar-refractivity contribution >= 4 is 22.1 Å². The van der Waals surface area contributed by atoms with Gasteiger partial charge >= 0.3 is 0 Å². The average Bonchev–Trinajstić information content (AvgIpc) is 3.43. The maximum atomic E-state index is 2.38. The van der Waals surface area contributed by atoms with E-state index in [-0.39, 0.29) is 0 Å². The maximum absolute atomic E-state index is 2.38. The molecule has 48 heavy (non-hydrogen) atoms. The molecule has 2 heterocycles. The van der Waals surface area contributed by atoms with Crippen LogP contribution in [0.1, 0.15) is 44.8 Å². The molecule has 0 amide bonds. The van der Waals surface area contributed by atoms with E-state index < -0.39 is 0 Å². The Bertz CT molecular complexity index is 2450. The van der Waals surface area contributed by atoms with E-state index in [0.29, 0.717) is 0 Å². The van der Waals surface area contributed by atoms with Crippen LogP contribution in [0, 0.1) is 55.4 Å². The standard InChI is InChI=1S/C44H48N4/c1-25-21-26(2)41(30(6)29(25)5)33-13-15-34(16-14-33)42-27(3)22-28(4)43(31(42)7)44-47(11)38-20-18-36(24-40(38)48(44)12)35-17-19-37-39(23-35)46(10)32(8)45(37)9/h13-24H,1-12H3/q+2. The Kier molecular flexibility index (Phi) is 7.47. The quantitative estimate of drug-likeness (QED) is 0.172. The van der Waals surface area contributed by atoms with E-state index in [1.165, 1.54) is 112 Å². The van der Waals surface area contributed by atoms with Crippen LogP contribution >= 0.6 is 0 Å². The van der Waals surface area contributed by atoms with Crippen molar-refractivity contribution in [3.05, 3.63) is 118 Å². The van der Waals surface area contributed by atoms with Gasteiger partial charge in [0.05, 0.1) is 33.8 Å². The van der Waals surface area contributed by atoms with E-state index in [0.717, 1.165) is 0 Å². The van der Waals surface area contributed by atoms with Crippen molar-refractivity contribution < 1.29 is 9.13 Å². The van der Waals surface area contributed by atoms with Crippen molar-refractivity contribution in [2.75, 3.05) is 0 Å². The summed E-state index contributed by atoms with van der Waals surface area (Å²) in [5, 5.41) is 0. The van der Waals surface area contributed by atoms with Crippen LogP contribution in [0.25, 0.3) is 66.8 Å². The molecule has 0 bridgehead atoms. The Hall–Kier alpha value is -4.96. The smallest absolute Gasteiger partial charge is 0.230 e. The molecule has 2 aromatic heterocycles. The van der Waals surface area contributed by atoms with Crippen molar-refractivity contribution in [1.29, 1.82) is 0 Å². The van der Waals surface area contributed by atoms with Gasteiger partial charge in [-0.25, -0.2) is 18.3 Å². The van der Waals surface area contributed by atoms with Gasteiger partial charge in [0.15, 0.2) is 22.1 Å². The highest BCUT2D eigenvalue weighted by atomic mass is 15.1. The van der Waals surface area contributed by atoms with Crippen LogP contribution in [0.5, 0.6) is 0 Å². The number of fused-ring (bicyclic) bond motifs is 2. The molecule has 0 N–H and O–H groups in total. The van der Waals surface area contributed by atoms with Gasteiger partial charge < -0.3 is 0 Å². The van der Waals surface area contributed by atoms with Gasteiger partial charge in [0.25, 0.3) is 11.6 Å². The molecule has 4 heteroatoms. The molecular weight excluding hydrogens is 585 g/mol. The van der Waals surface area contributed by atoms with Crippen LogP contribution < -0.4 is 9.13 Å². The zero-order valence-corrected chi connectivity index (χ0v) is 30.7. The van der Waals surface area contributed by atoms with Crippen LogP contribution in [-0.2, 0) is 28.2 Å². The lowest BCUT2D eigenvalue weighted by Gasteiger charge is -2.18. The van der Waals surface area contributed by atoms with Gasteiger partial charge in [-0.15, -0.1) is 0 Å².